The maximum Gasteiger partial charge on any atom is 0.186 e. The maximum absolute atomic E-state index is 5.24. The first-order chi connectivity index (χ1) is 5.24. The molecule has 1 unspecified atom stereocenters. The molecular formula is C8H13N3. The van der Waals surface area contributed by atoms with E-state index in [4.69, 9.17) is 11.5 Å². The van der Waals surface area contributed by atoms with Crippen LogP contribution in [0.1, 0.15) is 12.8 Å². The van der Waals surface area contributed by atoms with E-state index in [0.29, 0.717) is 0 Å². The van der Waals surface area contributed by atoms with Crippen LogP contribution < -0.4 is 11.5 Å². The van der Waals surface area contributed by atoms with Gasteiger partial charge in [-0.1, -0.05) is 12.2 Å². The Morgan fingerprint density at radius 1 is 1.73 bits per heavy atom. The molecule has 0 saturated heterocycles. The third-order valence-corrected chi connectivity index (χ3v) is 1.73. The quantitative estimate of drug-likeness (QED) is 0.351. The molecule has 0 saturated carbocycles. The van der Waals surface area contributed by atoms with Crippen molar-refractivity contribution in [3.05, 3.63) is 24.3 Å². The van der Waals surface area contributed by atoms with Gasteiger partial charge in [0.1, 0.15) is 0 Å². The summed E-state index contributed by atoms with van der Waals surface area (Å²) in [6, 6.07) is 0.00810. The van der Waals surface area contributed by atoms with Crippen LogP contribution in [0, 0.1) is 0 Å². The number of aliphatic imine (C=N–C) groups is 1. The van der Waals surface area contributed by atoms with Crippen LogP contribution in [0.2, 0.25) is 0 Å². The molecule has 4 N–H and O–H groups in total. The second kappa shape index (κ2) is 3.23. The van der Waals surface area contributed by atoms with E-state index in [1.807, 2.05) is 0 Å². The lowest BCUT2D eigenvalue weighted by Crippen LogP contribution is -2.26. The fourth-order valence-corrected chi connectivity index (χ4v) is 1.03. The summed E-state index contributed by atoms with van der Waals surface area (Å²) in [5.74, 6) is 0.127. The lowest BCUT2D eigenvalue weighted by Gasteiger charge is -2.18. The average Bonchev–Trinajstić information content (AvgIpc) is 1.81. The Morgan fingerprint density at radius 3 is 2.64 bits per heavy atom. The molecule has 1 aliphatic carbocycles. The van der Waals surface area contributed by atoms with E-state index in [2.05, 4.69) is 17.6 Å². The van der Waals surface area contributed by atoms with Gasteiger partial charge in [0.15, 0.2) is 5.96 Å². The van der Waals surface area contributed by atoms with Crippen molar-refractivity contribution in [2.75, 3.05) is 0 Å². The maximum atomic E-state index is 5.24. The van der Waals surface area contributed by atoms with E-state index in [0.717, 1.165) is 12.8 Å². The molecule has 0 aromatic rings. The molecule has 1 rings (SSSR count). The summed E-state index contributed by atoms with van der Waals surface area (Å²) in [6.45, 7) is 3.66. The first-order valence-corrected chi connectivity index (χ1v) is 3.64. The van der Waals surface area contributed by atoms with Crippen LogP contribution >= 0.6 is 0 Å². The summed E-state index contributed by atoms with van der Waals surface area (Å²) in [5.41, 5.74) is 11.7. The van der Waals surface area contributed by atoms with Crippen LogP contribution in [0.25, 0.3) is 0 Å². The van der Waals surface area contributed by atoms with E-state index in [1.165, 1.54) is 5.57 Å². The van der Waals surface area contributed by atoms with Gasteiger partial charge in [0, 0.05) is 0 Å². The lowest BCUT2D eigenvalue weighted by atomic mass is 9.92. The highest BCUT2D eigenvalue weighted by molar-refractivity contribution is 5.76. The number of hydrogen-bond acceptors (Lipinski definition) is 1. The van der Waals surface area contributed by atoms with Crippen molar-refractivity contribution in [3.8, 4) is 0 Å². The van der Waals surface area contributed by atoms with Crippen molar-refractivity contribution in [1.29, 1.82) is 0 Å². The van der Waals surface area contributed by atoms with Gasteiger partial charge in [0.2, 0.25) is 0 Å². The molecule has 0 radical (unpaired) electrons. The molecule has 11 heavy (non-hydrogen) atoms. The van der Waals surface area contributed by atoms with Crippen molar-refractivity contribution in [2.45, 2.75) is 18.9 Å². The van der Waals surface area contributed by atoms with Crippen molar-refractivity contribution in [2.24, 2.45) is 16.5 Å². The van der Waals surface area contributed by atoms with Gasteiger partial charge in [-0.25, -0.2) is 4.99 Å². The smallest absolute Gasteiger partial charge is 0.186 e. The van der Waals surface area contributed by atoms with Crippen LogP contribution in [0.5, 0.6) is 0 Å². The average molecular weight is 151 g/mol. The van der Waals surface area contributed by atoms with Crippen molar-refractivity contribution in [3.63, 3.8) is 0 Å². The zero-order valence-electron chi connectivity index (χ0n) is 6.46. The minimum Gasteiger partial charge on any atom is -0.370 e. The molecule has 0 fully saturated rings. The molecule has 1 aliphatic rings. The molecule has 1 atom stereocenters. The summed E-state index contributed by atoms with van der Waals surface area (Å²) in [7, 11) is 0. The highest BCUT2D eigenvalue weighted by Gasteiger charge is 2.13. The van der Waals surface area contributed by atoms with E-state index >= 15 is 0 Å². The van der Waals surface area contributed by atoms with Crippen molar-refractivity contribution < 1.29 is 0 Å². The molecule has 0 aromatic carbocycles. The Kier molecular flexibility index (Phi) is 2.31. The summed E-state index contributed by atoms with van der Waals surface area (Å²) in [4.78, 5) is 4.00. The van der Waals surface area contributed by atoms with E-state index in [9.17, 15) is 0 Å². The molecule has 0 aliphatic heterocycles. The molecular weight excluding hydrogens is 138 g/mol. The van der Waals surface area contributed by atoms with Gasteiger partial charge in [-0.2, -0.15) is 0 Å². The Morgan fingerprint density at radius 2 is 2.36 bits per heavy atom. The molecule has 60 valence electrons. The third kappa shape index (κ3) is 1.83. The normalized spacial score (nSPS) is 17.6. The van der Waals surface area contributed by atoms with Crippen molar-refractivity contribution >= 4 is 5.96 Å². The predicted molar refractivity (Wildman–Crippen MR) is 47.1 cm³/mol. The van der Waals surface area contributed by atoms with Crippen LogP contribution in [0.15, 0.2) is 29.3 Å². The Hall–Kier alpha value is -1.25. The summed E-state index contributed by atoms with van der Waals surface area (Å²) in [5, 5.41) is 0. The van der Waals surface area contributed by atoms with Gasteiger partial charge in [-0.15, -0.1) is 6.58 Å². The molecule has 0 amide bonds. The predicted octanol–water partition coefficient (Wildman–Crippen LogP) is 0.535. The largest absolute Gasteiger partial charge is 0.370 e. The molecule has 3 nitrogen and oxygen atoms in total. The summed E-state index contributed by atoms with van der Waals surface area (Å²) < 4.78 is 0. The van der Waals surface area contributed by atoms with Crippen molar-refractivity contribution in [1.82, 2.24) is 0 Å². The van der Waals surface area contributed by atoms with E-state index < -0.39 is 0 Å². The van der Waals surface area contributed by atoms with Crippen LogP contribution in [0.3, 0.4) is 0 Å². The number of rotatable bonds is 3. The number of nitrogens with two attached hydrogens (primary N) is 2. The van der Waals surface area contributed by atoms with Gasteiger partial charge in [-0.05, 0) is 18.4 Å². The summed E-state index contributed by atoms with van der Waals surface area (Å²) >= 11 is 0. The second-order valence-electron chi connectivity index (χ2n) is 2.55. The second-order valence-corrected chi connectivity index (χ2v) is 2.55. The van der Waals surface area contributed by atoms with Crippen LogP contribution in [0.4, 0.5) is 0 Å². The molecule has 0 aromatic heterocycles. The Balaban J connectivity index is 2.63. The van der Waals surface area contributed by atoms with E-state index in [-0.39, 0.29) is 12.0 Å². The minimum atomic E-state index is 0.00810. The highest BCUT2D eigenvalue weighted by atomic mass is 15.0. The third-order valence-electron chi connectivity index (χ3n) is 1.73. The summed E-state index contributed by atoms with van der Waals surface area (Å²) in [6.07, 6.45) is 6.12. The molecule has 0 spiro atoms. The molecule has 0 heterocycles. The van der Waals surface area contributed by atoms with Gasteiger partial charge < -0.3 is 11.5 Å². The zero-order valence-corrected chi connectivity index (χ0v) is 6.46. The standard InChI is InChI=1S/C8H13N3/c1-2-7(11-8(9)10)6-4-3-5-6/h2,4,7H,1,3,5H2,(H4,9,10,11). The van der Waals surface area contributed by atoms with E-state index in [1.54, 1.807) is 6.08 Å². The van der Waals surface area contributed by atoms with Gasteiger partial charge in [-0.3, -0.25) is 0 Å². The van der Waals surface area contributed by atoms with Gasteiger partial charge >= 0.3 is 0 Å². The van der Waals surface area contributed by atoms with Crippen LogP contribution in [-0.4, -0.2) is 12.0 Å². The van der Waals surface area contributed by atoms with Gasteiger partial charge in [0.05, 0.1) is 6.04 Å². The fraction of sp³-hybridized carbons (Fsp3) is 0.375. The topological polar surface area (TPSA) is 64.4 Å². The first kappa shape index (κ1) is 7.85. The molecule has 0 bridgehead atoms. The Labute approximate surface area is 66.5 Å². The SMILES string of the molecule is C=CC(N=C(N)N)C1=CCC1. The molecule has 3 heteroatoms. The van der Waals surface area contributed by atoms with Gasteiger partial charge in [0.25, 0.3) is 0 Å². The number of guanidine groups is 1. The first-order valence-electron chi connectivity index (χ1n) is 3.64. The lowest BCUT2D eigenvalue weighted by molar-refractivity contribution is 0.769. The zero-order chi connectivity index (χ0) is 8.27. The number of allylic oxidation sites excluding steroid dienone is 1. The monoisotopic (exact) mass is 151 g/mol. The number of nitrogens with zero attached hydrogens (tertiary/aromatic N) is 1. The Bertz CT molecular complexity index is 211. The van der Waals surface area contributed by atoms with Crippen LogP contribution in [-0.2, 0) is 0 Å². The minimum absolute atomic E-state index is 0.00810. The number of hydrogen-bond donors (Lipinski definition) is 2. The highest BCUT2D eigenvalue weighted by Crippen LogP contribution is 2.23. The fourth-order valence-electron chi connectivity index (χ4n) is 1.03.